The van der Waals surface area contributed by atoms with E-state index in [1.807, 2.05) is 38.1 Å². The Labute approximate surface area is 115 Å². The van der Waals surface area contributed by atoms with Crippen LogP contribution in [0, 0.1) is 5.92 Å². The van der Waals surface area contributed by atoms with Crippen LogP contribution >= 0.6 is 0 Å². The molecule has 0 heterocycles. The molecule has 1 aliphatic rings. The molecule has 0 spiro atoms. The Balaban J connectivity index is 2.22. The fourth-order valence-electron chi connectivity index (χ4n) is 2.71. The molecule has 3 heteroatoms. The highest BCUT2D eigenvalue weighted by Gasteiger charge is 2.30. The normalized spacial score (nSPS) is 23.4. The highest BCUT2D eigenvalue weighted by molar-refractivity contribution is 6.00. The maximum atomic E-state index is 12.7. The minimum absolute atomic E-state index is 0.00615. The number of hydrogen-bond acceptors (Lipinski definition) is 3. The van der Waals surface area contributed by atoms with E-state index in [1.165, 1.54) is 0 Å². The fraction of sp³-hybridized carbons (Fsp3) is 0.562. The molecule has 2 rings (SSSR count). The number of para-hydroxylation sites is 1. The Morgan fingerprint density at radius 1 is 1.26 bits per heavy atom. The third-order valence-electron chi connectivity index (χ3n) is 3.67. The summed E-state index contributed by atoms with van der Waals surface area (Å²) < 4.78 is 5.73. The van der Waals surface area contributed by atoms with Crippen molar-refractivity contribution < 1.29 is 9.53 Å². The van der Waals surface area contributed by atoms with Gasteiger partial charge in [0.2, 0.25) is 0 Å². The van der Waals surface area contributed by atoms with Crippen molar-refractivity contribution in [3.05, 3.63) is 29.8 Å². The Morgan fingerprint density at radius 2 is 1.95 bits per heavy atom. The van der Waals surface area contributed by atoms with E-state index in [1.54, 1.807) is 0 Å². The van der Waals surface area contributed by atoms with E-state index in [2.05, 4.69) is 0 Å². The van der Waals surface area contributed by atoms with Gasteiger partial charge in [0.05, 0.1) is 11.7 Å². The zero-order valence-corrected chi connectivity index (χ0v) is 11.8. The predicted octanol–water partition coefficient (Wildman–Crippen LogP) is 3.17. The Bertz CT molecular complexity index is 442. The number of rotatable bonds is 4. The Hall–Kier alpha value is -1.35. The van der Waals surface area contributed by atoms with Gasteiger partial charge < -0.3 is 10.5 Å². The van der Waals surface area contributed by atoms with E-state index < -0.39 is 0 Å². The highest BCUT2D eigenvalue weighted by Crippen LogP contribution is 2.30. The number of hydrogen-bond donors (Lipinski definition) is 1. The van der Waals surface area contributed by atoms with Crippen molar-refractivity contribution in [2.24, 2.45) is 11.7 Å². The lowest BCUT2D eigenvalue weighted by Crippen LogP contribution is -2.38. The van der Waals surface area contributed by atoms with Crippen molar-refractivity contribution in [1.82, 2.24) is 0 Å². The van der Waals surface area contributed by atoms with Gasteiger partial charge >= 0.3 is 0 Å². The molecule has 2 atom stereocenters. The van der Waals surface area contributed by atoms with Crippen molar-refractivity contribution in [2.75, 3.05) is 0 Å². The van der Waals surface area contributed by atoms with Gasteiger partial charge in [-0.05, 0) is 38.8 Å². The first-order chi connectivity index (χ1) is 9.09. The maximum absolute atomic E-state index is 12.7. The zero-order chi connectivity index (χ0) is 13.8. The molecule has 1 aromatic carbocycles. The van der Waals surface area contributed by atoms with Crippen LogP contribution in [-0.2, 0) is 0 Å². The molecule has 19 heavy (non-hydrogen) atoms. The monoisotopic (exact) mass is 261 g/mol. The molecule has 3 nitrogen and oxygen atoms in total. The molecule has 0 amide bonds. The molecular weight excluding hydrogens is 238 g/mol. The number of benzene rings is 1. The summed E-state index contributed by atoms with van der Waals surface area (Å²) in [6.45, 7) is 3.93. The number of nitrogens with two attached hydrogens (primary N) is 1. The summed E-state index contributed by atoms with van der Waals surface area (Å²) in [4.78, 5) is 12.7. The van der Waals surface area contributed by atoms with Crippen LogP contribution in [0.3, 0.4) is 0 Å². The number of ether oxygens (including phenoxy) is 1. The van der Waals surface area contributed by atoms with E-state index in [-0.39, 0.29) is 23.8 Å². The minimum atomic E-state index is -0.0503. The van der Waals surface area contributed by atoms with Crippen LogP contribution in [0.5, 0.6) is 5.75 Å². The largest absolute Gasteiger partial charge is 0.490 e. The van der Waals surface area contributed by atoms with Crippen molar-refractivity contribution in [2.45, 2.75) is 51.7 Å². The van der Waals surface area contributed by atoms with Crippen LogP contribution in [0.4, 0.5) is 0 Å². The number of ketones is 1. The molecule has 0 bridgehead atoms. The molecule has 2 unspecified atom stereocenters. The lowest BCUT2D eigenvalue weighted by atomic mass is 9.80. The van der Waals surface area contributed by atoms with Crippen molar-refractivity contribution in [3.63, 3.8) is 0 Å². The highest BCUT2D eigenvalue weighted by atomic mass is 16.5. The second-order valence-corrected chi connectivity index (χ2v) is 5.58. The van der Waals surface area contributed by atoms with Gasteiger partial charge in [0.25, 0.3) is 0 Å². The number of carbonyl (C=O) groups excluding carboxylic acids is 1. The molecule has 0 radical (unpaired) electrons. The molecule has 0 aromatic heterocycles. The molecular formula is C16H23NO2. The third kappa shape index (κ3) is 3.35. The summed E-state index contributed by atoms with van der Waals surface area (Å²) in [5.74, 6) is 0.773. The van der Waals surface area contributed by atoms with Crippen LogP contribution < -0.4 is 10.5 Å². The summed E-state index contributed by atoms with van der Waals surface area (Å²) in [7, 11) is 0. The van der Waals surface area contributed by atoms with Crippen molar-refractivity contribution >= 4 is 5.78 Å². The summed E-state index contributed by atoms with van der Waals surface area (Å²) in [6, 6.07) is 7.49. The van der Waals surface area contributed by atoms with Gasteiger partial charge in [-0.25, -0.2) is 0 Å². The second kappa shape index (κ2) is 6.20. The maximum Gasteiger partial charge on any atom is 0.171 e. The average molecular weight is 261 g/mol. The first-order valence-corrected chi connectivity index (χ1v) is 7.15. The first-order valence-electron chi connectivity index (χ1n) is 7.15. The summed E-state index contributed by atoms with van der Waals surface area (Å²) >= 11 is 0. The average Bonchev–Trinajstić information content (AvgIpc) is 2.38. The smallest absolute Gasteiger partial charge is 0.171 e. The SMILES string of the molecule is CC(C)Oc1ccccc1C(=O)C1CCCCC1N. The van der Waals surface area contributed by atoms with Gasteiger partial charge in [-0.3, -0.25) is 4.79 Å². The summed E-state index contributed by atoms with van der Waals surface area (Å²) in [5.41, 5.74) is 6.79. The summed E-state index contributed by atoms with van der Waals surface area (Å²) in [6.07, 6.45) is 4.14. The van der Waals surface area contributed by atoms with Crippen LogP contribution in [-0.4, -0.2) is 17.9 Å². The molecule has 1 fully saturated rings. The molecule has 1 aromatic rings. The quantitative estimate of drug-likeness (QED) is 0.847. The molecule has 1 aliphatic carbocycles. The number of carbonyl (C=O) groups is 1. The molecule has 1 saturated carbocycles. The Kier molecular flexibility index (Phi) is 4.59. The second-order valence-electron chi connectivity index (χ2n) is 5.58. The van der Waals surface area contributed by atoms with Crippen LogP contribution in [0.25, 0.3) is 0 Å². The van der Waals surface area contributed by atoms with Crippen LogP contribution in [0.1, 0.15) is 49.9 Å². The lowest BCUT2D eigenvalue weighted by molar-refractivity contribution is 0.0865. The zero-order valence-electron chi connectivity index (χ0n) is 11.8. The van der Waals surface area contributed by atoms with E-state index in [9.17, 15) is 4.79 Å². The van der Waals surface area contributed by atoms with Gasteiger partial charge in [-0.1, -0.05) is 25.0 Å². The minimum Gasteiger partial charge on any atom is -0.490 e. The van der Waals surface area contributed by atoms with E-state index in [0.29, 0.717) is 11.3 Å². The van der Waals surface area contributed by atoms with E-state index >= 15 is 0 Å². The van der Waals surface area contributed by atoms with E-state index in [4.69, 9.17) is 10.5 Å². The molecule has 0 saturated heterocycles. The molecule has 0 aliphatic heterocycles. The van der Waals surface area contributed by atoms with Gasteiger partial charge in [0.15, 0.2) is 5.78 Å². The van der Waals surface area contributed by atoms with E-state index in [0.717, 1.165) is 25.7 Å². The van der Waals surface area contributed by atoms with Crippen LogP contribution in [0.2, 0.25) is 0 Å². The topological polar surface area (TPSA) is 52.3 Å². The lowest BCUT2D eigenvalue weighted by Gasteiger charge is -2.28. The standard InChI is InChI=1S/C16H23NO2/c1-11(2)19-15-10-6-4-8-13(15)16(18)12-7-3-5-9-14(12)17/h4,6,8,10-12,14H,3,5,7,9,17H2,1-2H3. The Morgan fingerprint density at radius 3 is 2.63 bits per heavy atom. The molecule has 2 N–H and O–H groups in total. The van der Waals surface area contributed by atoms with Gasteiger partial charge in [-0.15, -0.1) is 0 Å². The van der Waals surface area contributed by atoms with Crippen molar-refractivity contribution in [3.8, 4) is 5.75 Å². The summed E-state index contributed by atoms with van der Waals surface area (Å²) in [5, 5.41) is 0. The first kappa shape index (κ1) is 14.1. The predicted molar refractivity (Wildman–Crippen MR) is 76.5 cm³/mol. The van der Waals surface area contributed by atoms with Gasteiger partial charge in [0.1, 0.15) is 5.75 Å². The van der Waals surface area contributed by atoms with Gasteiger partial charge in [0, 0.05) is 12.0 Å². The number of Topliss-reactive ketones (excluding diaryl/α,β-unsaturated/α-hetero) is 1. The van der Waals surface area contributed by atoms with Crippen molar-refractivity contribution in [1.29, 1.82) is 0 Å². The third-order valence-corrected chi connectivity index (χ3v) is 3.67. The fourth-order valence-corrected chi connectivity index (χ4v) is 2.71. The van der Waals surface area contributed by atoms with Crippen LogP contribution in [0.15, 0.2) is 24.3 Å². The molecule has 104 valence electrons. The van der Waals surface area contributed by atoms with Gasteiger partial charge in [-0.2, -0.15) is 0 Å².